The maximum absolute atomic E-state index is 13.4. The Morgan fingerprint density at radius 1 is 1.12 bits per heavy atom. The summed E-state index contributed by atoms with van der Waals surface area (Å²) in [6.45, 7) is 5.72. The van der Waals surface area contributed by atoms with Crippen molar-refractivity contribution in [1.82, 2.24) is 14.8 Å². The Bertz CT molecular complexity index is 1200. The molecule has 0 aliphatic rings. The van der Waals surface area contributed by atoms with Crippen molar-refractivity contribution in [3.63, 3.8) is 0 Å². The number of nitro groups is 1. The van der Waals surface area contributed by atoms with E-state index in [4.69, 9.17) is 0 Å². The summed E-state index contributed by atoms with van der Waals surface area (Å²) >= 11 is 0. The van der Waals surface area contributed by atoms with Crippen molar-refractivity contribution in [1.29, 1.82) is 0 Å². The van der Waals surface area contributed by atoms with Crippen LogP contribution in [0.5, 0.6) is 0 Å². The van der Waals surface area contributed by atoms with Crippen LogP contribution in [-0.4, -0.2) is 25.6 Å². The topological polar surface area (TPSA) is 103 Å². The number of aromatic nitrogens is 3. The van der Waals surface area contributed by atoms with E-state index in [0.29, 0.717) is 5.69 Å². The number of aryl methyl sites for hydroxylation is 1. The molecule has 0 spiro atoms. The third kappa shape index (κ3) is 4.61. The molecular formula is C21H20F3N5O3. The number of anilines is 1. The van der Waals surface area contributed by atoms with Gasteiger partial charge >= 0.3 is 11.9 Å². The average molecular weight is 447 g/mol. The molecule has 0 saturated carbocycles. The quantitative estimate of drug-likeness (QED) is 0.450. The summed E-state index contributed by atoms with van der Waals surface area (Å²) in [6.07, 6.45) is -4.65. The minimum Gasteiger partial charge on any atom is -0.299 e. The smallest absolute Gasteiger partial charge is 0.299 e. The number of carbonyl (C=O) groups is 1. The van der Waals surface area contributed by atoms with Crippen LogP contribution in [0.25, 0.3) is 11.3 Å². The lowest BCUT2D eigenvalue weighted by Crippen LogP contribution is -2.18. The van der Waals surface area contributed by atoms with Crippen LogP contribution >= 0.6 is 0 Å². The third-order valence-electron chi connectivity index (χ3n) is 4.69. The van der Waals surface area contributed by atoms with Crippen LogP contribution in [0.4, 0.5) is 24.7 Å². The predicted molar refractivity (Wildman–Crippen MR) is 111 cm³/mol. The first-order valence-electron chi connectivity index (χ1n) is 9.47. The van der Waals surface area contributed by atoms with Crippen LogP contribution in [0.3, 0.4) is 0 Å². The van der Waals surface area contributed by atoms with Gasteiger partial charge in [-0.1, -0.05) is 39.0 Å². The first-order chi connectivity index (χ1) is 14.8. The Morgan fingerprint density at radius 2 is 1.78 bits per heavy atom. The van der Waals surface area contributed by atoms with Crippen LogP contribution in [-0.2, 0) is 18.6 Å². The number of alkyl halides is 3. The average Bonchev–Trinajstić information content (AvgIpc) is 3.09. The van der Waals surface area contributed by atoms with Crippen molar-refractivity contribution in [2.24, 2.45) is 7.05 Å². The van der Waals surface area contributed by atoms with E-state index in [1.807, 2.05) is 20.8 Å². The number of nitrogens with one attached hydrogen (secondary N) is 1. The summed E-state index contributed by atoms with van der Waals surface area (Å²) in [7, 11) is 1.54. The molecule has 2 aromatic heterocycles. The molecule has 0 aliphatic heterocycles. The Kier molecular flexibility index (Phi) is 5.77. The molecule has 0 radical (unpaired) electrons. The molecule has 3 rings (SSSR count). The van der Waals surface area contributed by atoms with Gasteiger partial charge in [-0.3, -0.25) is 24.9 Å². The van der Waals surface area contributed by atoms with E-state index in [2.05, 4.69) is 15.4 Å². The van der Waals surface area contributed by atoms with Gasteiger partial charge in [-0.25, -0.2) is 4.98 Å². The fraction of sp³-hybridized carbons (Fsp3) is 0.286. The summed E-state index contributed by atoms with van der Waals surface area (Å²) in [6, 6.07) is 8.39. The number of pyridine rings is 1. The van der Waals surface area contributed by atoms with Crippen LogP contribution in [0.2, 0.25) is 0 Å². The van der Waals surface area contributed by atoms with Gasteiger partial charge in [0.15, 0.2) is 0 Å². The SMILES string of the molecule is Cn1nc(C(C)(C)C)cc1C(=O)Nc1nc(-c2ccccc2C(F)(F)F)ccc1[N+](=O)[O-]. The lowest BCUT2D eigenvalue weighted by Gasteiger charge is -2.13. The zero-order valence-electron chi connectivity index (χ0n) is 17.7. The molecule has 1 N–H and O–H groups in total. The van der Waals surface area contributed by atoms with E-state index in [1.54, 1.807) is 13.1 Å². The Balaban J connectivity index is 2.05. The highest BCUT2D eigenvalue weighted by Gasteiger charge is 2.34. The minimum absolute atomic E-state index is 0.118. The molecule has 11 heteroatoms. The summed E-state index contributed by atoms with van der Waals surface area (Å²) < 4.78 is 41.5. The van der Waals surface area contributed by atoms with Crippen LogP contribution in [0.1, 0.15) is 42.5 Å². The molecule has 2 heterocycles. The van der Waals surface area contributed by atoms with Gasteiger partial charge in [0.05, 0.1) is 21.9 Å². The molecule has 0 aliphatic carbocycles. The normalized spacial score (nSPS) is 12.0. The molecule has 168 valence electrons. The maximum atomic E-state index is 13.4. The molecule has 32 heavy (non-hydrogen) atoms. The van der Waals surface area contributed by atoms with Crippen LogP contribution in [0, 0.1) is 10.1 Å². The van der Waals surface area contributed by atoms with E-state index >= 15 is 0 Å². The third-order valence-corrected chi connectivity index (χ3v) is 4.69. The molecule has 0 unspecified atom stereocenters. The lowest BCUT2D eigenvalue weighted by molar-refractivity contribution is -0.384. The van der Waals surface area contributed by atoms with E-state index in [9.17, 15) is 28.1 Å². The summed E-state index contributed by atoms with van der Waals surface area (Å²) in [5.74, 6) is -1.19. The Labute approximate surface area is 181 Å². The standard InChI is InChI=1S/C21H20F3N5O3/c1-20(2,3)17-11-16(28(4)27-17)19(30)26-18-15(29(31)32)10-9-14(25-18)12-7-5-6-8-13(12)21(22,23)24/h5-11H,1-4H3,(H,25,26,30). The molecule has 1 aromatic carbocycles. The van der Waals surface area contributed by atoms with Gasteiger partial charge in [-0.05, 0) is 18.2 Å². The number of rotatable bonds is 4. The first-order valence-corrected chi connectivity index (χ1v) is 9.47. The highest BCUT2D eigenvalue weighted by molar-refractivity contribution is 6.03. The second-order valence-corrected chi connectivity index (χ2v) is 8.11. The lowest BCUT2D eigenvalue weighted by atomic mass is 9.92. The first kappa shape index (κ1) is 22.9. The number of nitrogens with zero attached hydrogens (tertiary/aromatic N) is 4. The molecule has 0 saturated heterocycles. The minimum atomic E-state index is -4.65. The highest BCUT2D eigenvalue weighted by Crippen LogP contribution is 2.37. The van der Waals surface area contributed by atoms with Crippen molar-refractivity contribution in [2.45, 2.75) is 32.4 Å². The zero-order chi connectivity index (χ0) is 23.8. The number of hydrogen-bond acceptors (Lipinski definition) is 5. The molecule has 8 nitrogen and oxygen atoms in total. The van der Waals surface area contributed by atoms with Gasteiger partial charge in [0.1, 0.15) is 5.69 Å². The van der Waals surface area contributed by atoms with Crippen LogP contribution < -0.4 is 5.32 Å². The monoisotopic (exact) mass is 447 g/mol. The number of carbonyl (C=O) groups excluding carboxylic acids is 1. The highest BCUT2D eigenvalue weighted by atomic mass is 19.4. The Hall–Kier alpha value is -3.76. The van der Waals surface area contributed by atoms with Gasteiger partial charge in [-0.15, -0.1) is 0 Å². The number of halogens is 3. The second kappa shape index (κ2) is 8.06. The summed E-state index contributed by atoms with van der Waals surface area (Å²) in [5, 5.41) is 18.1. The van der Waals surface area contributed by atoms with E-state index in [0.717, 1.165) is 18.2 Å². The van der Waals surface area contributed by atoms with Crippen molar-refractivity contribution in [2.75, 3.05) is 5.32 Å². The van der Waals surface area contributed by atoms with Crippen molar-refractivity contribution < 1.29 is 22.9 Å². The molecule has 0 fully saturated rings. The van der Waals surface area contributed by atoms with Crippen molar-refractivity contribution in [3.05, 3.63) is 69.5 Å². The van der Waals surface area contributed by atoms with Gasteiger partial charge < -0.3 is 0 Å². The molecule has 3 aromatic rings. The molecule has 1 amide bonds. The zero-order valence-corrected chi connectivity index (χ0v) is 17.7. The summed E-state index contributed by atoms with van der Waals surface area (Å²) in [4.78, 5) is 27.5. The van der Waals surface area contributed by atoms with E-state index in [-0.39, 0.29) is 22.4 Å². The fourth-order valence-electron chi connectivity index (χ4n) is 3.01. The van der Waals surface area contributed by atoms with Gasteiger partial charge in [0.25, 0.3) is 5.91 Å². The molecule has 0 atom stereocenters. The van der Waals surface area contributed by atoms with Crippen molar-refractivity contribution >= 4 is 17.4 Å². The predicted octanol–water partition coefficient (Wildman–Crippen LogP) is 4.96. The molecule has 0 bridgehead atoms. The number of benzene rings is 1. The summed E-state index contributed by atoms with van der Waals surface area (Å²) in [5.41, 5.74) is -1.53. The van der Waals surface area contributed by atoms with Crippen molar-refractivity contribution in [3.8, 4) is 11.3 Å². The maximum Gasteiger partial charge on any atom is 0.417 e. The largest absolute Gasteiger partial charge is 0.417 e. The number of amides is 1. The van der Waals surface area contributed by atoms with Gasteiger partial charge in [-0.2, -0.15) is 18.3 Å². The van der Waals surface area contributed by atoms with E-state index < -0.39 is 34.1 Å². The molecular weight excluding hydrogens is 427 g/mol. The van der Waals surface area contributed by atoms with E-state index in [1.165, 1.54) is 22.9 Å². The van der Waals surface area contributed by atoms with Gasteiger partial charge in [0.2, 0.25) is 5.82 Å². The Morgan fingerprint density at radius 3 is 2.34 bits per heavy atom. The number of hydrogen-bond donors (Lipinski definition) is 1. The van der Waals surface area contributed by atoms with Crippen LogP contribution in [0.15, 0.2) is 42.5 Å². The van der Waals surface area contributed by atoms with Gasteiger partial charge in [0, 0.05) is 24.1 Å². The second-order valence-electron chi connectivity index (χ2n) is 8.11. The fourth-order valence-corrected chi connectivity index (χ4v) is 3.01.